The van der Waals surface area contributed by atoms with Crippen molar-refractivity contribution in [3.63, 3.8) is 0 Å². The minimum absolute atomic E-state index is 0.0466. The van der Waals surface area contributed by atoms with Crippen LogP contribution in [0.1, 0.15) is 38.7 Å². The highest BCUT2D eigenvalue weighted by molar-refractivity contribution is 5.75. The van der Waals surface area contributed by atoms with Crippen LogP contribution >= 0.6 is 0 Å². The normalized spacial score (nSPS) is 23.9. The van der Waals surface area contributed by atoms with Crippen molar-refractivity contribution in [2.75, 3.05) is 0 Å². The van der Waals surface area contributed by atoms with Crippen LogP contribution < -0.4 is 5.32 Å². The molecule has 0 radical (unpaired) electrons. The monoisotopic (exact) mass is 327 g/mol. The van der Waals surface area contributed by atoms with E-state index < -0.39 is 0 Å². The van der Waals surface area contributed by atoms with E-state index in [1.807, 2.05) is 31.2 Å². The molecule has 24 heavy (non-hydrogen) atoms. The first-order valence-corrected chi connectivity index (χ1v) is 8.68. The molecule has 1 fully saturated rings. The minimum atomic E-state index is -0.0466. The van der Waals surface area contributed by atoms with Crippen molar-refractivity contribution in [2.24, 2.45) is 11.8 Å². The Morgan fingerprint density at radius 2 is 2.08 bits per heavy atom. The molecule has 1 aromatic carbocycles. The van der Waals surface area contributed by atoms with Gasteiger partial charge in [0.05, 0.1) is 0 Å². The summed E-state index contributed by atoms with van der Waals surface area (Å²) in [6.45, 7) is 6.60. The molecule has 0 bridgehead atoms. The first-order valence-electron chi connectivity index (χ1n) is 8.68. The van der Waals surface area contributed by atoms with Crippen molar-refractivity contribution in [2.45, 2.75) is 52.6 Å². The number of rotatable bonds is 4. The Labute approximate surface area is 142 Å². The maximum atomic E-state index is 12.3. The molecule has 3 atom stereocenters. The van der Waals surface area contributed by atoms with E-state index in [4.69, 9.17) is 0 Å². The van der Waals surface area contributed by atoms with Crippen molar-refractivity contribution in [3.8, 4) is 11.4 Å². The van der Waals surface area contributed by atoms with Gasteiger partial charge in [-0.2, -0.15) is 4.80 Å². The Morgan fingerprint density at radius 1 is 1.29 bits per heavy atom. The lowest BCUT2D eigenvalue weighted by Crippen LogP contribution is -2.45. The SMILES string of the molecule is Cc1ccccc1-c1nnn(CC(=O)N[C@H]2CCC[C@H](C)[C@H]2C)n1. The Balaban J connectivity index is 1.62. The van der Waals surface area contributed by atoms with Gasteiger partial charge in [-0.25, -0.2) is 0 Å². The van der Waals surface area contributed by atoms with Gasteiger partial charge < -0.3 is 5.32 Å². The number of carbonyl (C=O) groups excluding carboxylic acids is 1. The Bertz CT molecular complexity index is 711. The average molecular weight is 327 g/mol. The summed E-state index contributed by atoms with van der Waals surface area (Å²) >= 11 is 0. The second kappa shape index (κ2) is 7.11. The highest BCUT2D eigenvalue weighted by Gasteiger charge is 2.28. The van der Waals surface area contributed by atoms with Crippen LogP contribution in [0.25, 0.3) is 11.4 Å². The van der Waals surface area contributed by atoms with Gasteiger partial charge in [0, 0.05) is 11.6 Å². The van der Waals surface area contributed by atoms with Crippen LogP contribution in [-0.2, 0) is 11.3 Å². The zero-order valence-electron chi connectivity index (χ0n) is 14.6. The quantitative estimate of drug-likeness (QED) is 0.937. The van der Waals surface area contributed by atoms with Gasteiger partial charge in [0.1, 0.15) is 6.54 Å². The summed E-state index contributed by atoms with van der Waals surface area (Å²) in [4.78, 5) is 13.7. The second-order valence-corrected chi connectivity index (χ2v) is 6.90. The molecular formula is C18H25N5O. The van der Waals surface area contributed by atoms with E-state index in [2.05, 4.69) is 34.6 Å². The predicted molar refractivity (Wildman–Crippen MR) is 92.1 cm³/mol. The van der Waals surface area contributed by atoms with Crippen LogP contribution in [0, 0.1) is 18.8 Å². The van der Waals surface area contributed by atoms with Crippen LogP contribution in [0.15, 0.2) is 24.3 Å². The Kier molecular flexibility index (Phi) is 4.92. The molecule has 1 aromatic heterocycles. The van der Waals surface area contributed by atoms with Crippen molar-refractivity contribution in [1.82, 2.24) is 25.5 Å². The van der Waals surface area contributed by atoms with Gasteiger partial charge in [0.25, 0.3) is 0 Å². The highest BCUT2D eigenvalue weighted by atomic mass is 16.2. The van der Waals surface area contributed by atoms with E-state index >= 15 is 0 Å². The number of tetrazole rings is 1. The Hall–Kier alpha value is -2.24. The molecule has 1 amide bonds. The smallest absolute Gasteiger partial charge is 0.243 e. The average Bonchev–Trinajstić information content (AvgIpc) is 3.00. The number of carbonyl (C=O) groups is 1. The zero-order valence-corrected chi connectivity index (χ0v) is 14.6. The number of nitrogens with zero attached hydrogens (tertiary/aromatic N) is 4. The van der Waals surface area contributed by atoms with Crippen LogP contribution in [0.5, 0.6) is 0 Å². The van der Waals surface area contributed by atoms with Crippen molar-refractivity contribution in [3.05, 3.63) is 29.8 Å². The van der Waals surface area contributed by atoms with Crippen LogP contribution in [-0.4, -0.2) is 32.2 Å². The topological polar surface area (TPSA) is 72.7 Å². The lowest BCUT2D eigenvalue weighted by atomic mass is 9.78. The fraction of sp³-hybridized carbons (Fsp3) is 0.556. The predicted octanol–water partition coefficient (Wildman–Crippen LogP) is 2.59. The van der Waals surface area contributed by atoms with Crippen LogP contribution in [0.2, 0.25) is 0 Å². The maximum Gasteiger partial charge on any atom is 0.243 e. The molecule has 0 aliphatic heterocycles. The van der Waals surface area contributed by atoms with Gasteiger partial charge in [-0.1, -0.05) is 51.0 Å². The first-order chi connectivity index (χ1) is 11.5. The number of hydrogen-bond donors (Lipinski definition) is 1. The molecule has 128 valence electrons. The van der Waals surface area contributed by atoms with Crippen molar-refractivity contribution >= 4 is 5.91 Å². The van der Waals surface area contributed by atoms with Crippen molar-refractivity contribution in [1.29, 1.82) is 0 Å². The summed E-state index contributed by atoms with van der Waals surface area (Å²) in [5.74, 6) is 1.67. The molecule has 0 saturated heterocycles. The number of aryl methyl sites for hydroxylation is 1. The number of hydrogen-bond acceptors (Lipinski definition) is 4. The first kappa shape index (κ1) is 16.6. The maximum absolute atomic E-state index is 12.3. The number of nitrogens with one attached hydrogen (secondary N) is 1. The van der Waals surface area contributed by atoms with Gasteiger partial charge in [-0.15, -0.1) is 10.2 Å². The second-order valence-electron chi connectivity index (χ2n) is 6.90. The molecular weight excluding hydrogens is 302 g/mol. The number of benzene rings is 1. The van der Waals surface area contributed by atoms with Gasteiger partial charge in [-0.05, 0) is 36.0 Å². The van der Waals surface area contributed by atoms with E-state index in [1.54, 1.807) is 0 Å². The zero-order chi connectivity index (χ0) is 17.1. The molecule has 6 nitrogen and oxygen atoms in total. The van der Waals surface area contributed by atoms with E-state index in [9.17, 15) is 4.79 Å². The Morgan fingerprint density at radius 3 is 2.88 bits per heavy atom. The molecule has 0 unspecified atom stereocenters. The lowest BCUT2D eigenvalue weighted by Gasteiger charge is -2.34. The molecule has 1 aliphatic carbocycles. The summed E-state index contributed by atoms with van der Waals surface area (Å²) in [6, 6.07) is 8.14. The molecule has 0 spiro atoms. The minimum Gasteiger partial charge on any atom is -0.351 e. The summed E-state index contributed by atoms with van der Waals surface area (Å²) in [7, 11) is 0. The largest absolute Gasteiger partial charge is 0.351 e. The standard InChI is InChI=1S/C18H25N5O/c1-12-8-6-10-16(14(12)3)19-17(24)11-23-21-18(20-22-23)15-9-5-4-7-13(15)2/h4-5,7,9,12,14,16H,6,8,10-11H2,1-3H3,(H,19,24)/t12-,14+,16-/m0/s1. The molecule has 1 heterocycles. The molecule has 1 N–H and O–H groups in total. The summed E-state index contributed by atoms with van der Waals surface area (Å²) in [5, 5.41) is 15.6. The molecule has 2 aromatic rings. The van der Waals surface area contributed by atoms with Crippen LogP contribution in [0.3, 0.4) is 0 Å². The molecule has 1 saturated carbocycles. The fourth-order valence-corrected chi connectivity index (χ4v) is 3.41. The molecule has 1 aliphatic rings. The van der Waals surface area contributed by atoms with Gasteiger partial charge in [0.2, 0.25) is 11.7 Å². The third-order valence-electron chi connectivity index (χ3n) is 5.18. The number of aromatic nitrogens is 4. The summed E-state index contributed by atoms with van der Waals surface area (Å²) < 4.78 is 0. The van der Waals surface area contributed by atoms with Gasteiger partial charge in [0.15, 0.2) is 0 Å². The van der Waals surface area contributed by atoms with Crippen LogP contribution in [0.4, 0.5) is 0 Å². The summed E-state index contributed by atoms with van der Waals surface area (Å²) in [6.07, 6.45) is 3.48. The number of amides is 1. The fourth-order valence-electron chi connectivity index (χ4n) is 3.41. The van der Waals surface area contributed by atoms with E-state index in [0.717, 1.165) is 17.5 Å². The molecule has 6 heteroatoms. The van der Waals surface area contributed by atoms with E-state index in [0.29, 0.717) is 17.7 Å². The lowest BCUT2D eigenvalue weighted by molar-refractivity contribution is -0.123. The van der Waals surface area contributed by atoms with Gasteiger partial charge >= 0.3 is 0 Å². The van der Waals surface area contributed by atoms with Gasteiger partial charge in [-0.3, -0.25) is 4.79 Å². The summed E-state index contributed by atoms with van der Waals surface area (Å²) in [5.41, 5.74) is 2.03. The van der Waals surface area contributed by atoms with Crippen molar-refractivity contribution < 1.29 is 4.79 Å². The third-order valence-corrected chi connectivity index (χ3v) is 5.18. The third kappa shape index (κ3) is 3.63. The van der Waals surface area contributed by atoms with E-state index in [1.165, 1.54) is 17.6 Å². The molecule has 3 rings (SSSR count). The highest BCUT2D eigenvalue weighted by Crippen LogP contribution is 2.29. The van der Waals surface area contributed by atoms with E-state index in [-0.39, 0.29) is 18.5 Å².